The minimum absolute atomic E-state index is 0.116. The van der Waals surface area contributed by atoms with Crippen molar-refractivity contribution < 1.29 is 9.13 Å². The smallest absolute Gasteiger partial charge is 0.165 e. The predicted octanol–water partition coefficient (Wildman–Crippen LogP) is 3.84. The molecule has 0 radical (unpaired) electrons. The zero-order valence-corrected chi connectivity index (χ0v) is 11.4. The number of rotatable bonds is 7. The summed E-state index contributed by atoms with van der Waals surface area (Å²) in [6.07, 6.45) is 3.93. The van der Waals surface area contributed by atoms with Crippen LogP contribution >= 0.6 is 0 Å². The molecule has 0 saturated heterocycles. The quantitative estimate of drug-likeness (QED) is 0.743. The molecule has 1 aromatic rings. The molecule has 0 fully saturated rings. The maximum Gasteiger partial charge on any atom is 0.165 e. The van der Waals surface area contributed by atoms with Crippen molar-refractivity contribution in [3.63, 3.8) is 0 Å². The van der Waals surface area contributed by atoms with E-state index in [-0.39, 0.29) is 17.6 Å². The lowest BCUT2D eigenvalue weighted by atomic mass is 10.1. The zero-order chi connectivity index (χ0) is 13.5. The third-order valence-corrected chi connectivity index (χ3v) is 3.01. The third kappa shape index (κ3) is 4.15. The van der Waals surface area contributed by atoms with Gasteiger partial charge in [0, 0.05) is 12.1 Å². The van der Waals surface area contributed by atoms with Crippen LogP contribution in [0.1, 0.15) is 38.3 Å². The van der Waals surface area contributed by atoms with Crippen molar-refractivity contribution in [1.82, 2.24) is 5.32 Å². The molecule has 18 heavy (non-hydrogen) atoms. The number of halogens is 1. The molecule has 0 spiro atoms. The van der Waals surface area contributed by atoms with Crippen LogP contribution in [0.2, 0.25) is 0 Å². The highest BCUT2D eigenvalue weighted by atomic mass is 19.1. The van der Waals surface area contributed by atoms with Gasteiger partial charge in [0.15, 0.2) is 11.6 Å². The average molecular weight is 251 g/mol. The van der Waals surface area contributed by atoms with Gasteiger partial charge in [-0.3, -0.25) is 0 Å². The molecular weight excluding hydrogens is 229 g/mol. The summed E-state index contributed by atoms with van der Waals surface area (Å²) in [6, 6.07) is 5.57. The number of hydrogen-bond donors (Lipinski definition) is 1. The Labute approximate surface area is 109 Å². The van der Waals surface area contributed by atoms with Gasteiger partial charge in [0.05, 0.1) is 7.11 Å². The molecule has 3 heteroatoms. The molecule has 100 valence electrons. The minimum Gasteiger partial charge on any atom is -0.494 e. The Balaban J connectivity index is 2.63. The van der Waals surface area contributed by atoms with Crippen LogP contribution in [0.15, 0.2) is 30.9 Å². The first kappa shape index (κ1) is 14.7. The van der Waals surface area contributed by atoms with Gasteiger partial charge < -0.3 is 10.1 Å². The lowest BCUT2D eigenvalue weighted by Gasteiger charge is -2.20. The van der Waals surface area contributed by atoms with Crippen LogP contribution in [0.4, 0.5) is 4.39 Å². The lowest BCUT2D eigenvalue weighted by Crippen LogP contribution is -2.28. The van der Waals surface area contributed by atoms with E-state index in [1.807, 2.05) is 19.1 Å². The van der Waals surface area contributed by atoms with Crippen LogP contribution in [0, 0.1) is 5.82 Å². The number of ether oxygens (including phenoxy) is 1. The van der Waals surface area contributed by atoms with E-state index in [1.165, 1.54) is 13.2 Å². The van der Waals surface area contributed by atoms with Crippen molar-refractivity contribution in [2.45, 2.75) is 38.8 Å². The van der Waals surface area contributed by atoms with Gasteiger partial charge in [0.25, 0.3) is 0 Å². The first-order valence-electron chi connectivity index (χ1n) is 6.28. The molecule has 1 aromatic carbocycles. The van der Waals surface area contributed by atoms with Gasteiger partial charge in [-0.2, -0.15) is 0 Å². The van der Waals surface area contributed by atoms with Gasteiger partial charge in [-0.1, -0.05) is 12.1 Å². The van der Waals surface area contributed by atoms with Crippen LogP contribution in [-0.4, -0.2) is 13.2 Å². The van der Waals surface area contributed by atoms with Gasteiger partial charge >= 0.3 is 0 Å². The lowest BCUT2D eigenvalue weighted by molar-refractivity contribution is 0.385. The summed E-state index contributed by atoms with van der Waals surface area (Å²) in [5.74, 6) is -0.0342. The zero-order valence-electron chi connectivity index (χ0n) is 11.4. The highest BCUT2D eigenvalue weighted by Crippen LogP contribution is 2.22. The van der Waals surface area contributed by atoms with E-state index < -0.39 is 0 Å². The molecule has 0 aliphatic heterocycles. The standard InChI is InChI=1S/C15H22FNO/c1-5-6-7-11(2)17-12(3)13-8-9-15(18-4)14(16)10-13/h5,8-12,17H,1,6-7H2,2-4H3. The summed E-state index contributed by atoms with van der Waals surface area (Å²) in [4.78, 5) is 0. The number of benzene rings is 1. The van der Waals surface area contributed by atoms with Gasteiger partial charge in [0.1, 0.15) is 0 Å². The molecule has 0 aliphatic rings. The van der Waals surface area contributed by atoms with Crippen molar-refractivity contribution in [2.24, 2.45) is 0 Å². The van der Waals surface area contributed by atoms with Crippen molar-refractivity contribution in [3.8, 4) is 5.75 Å². The fourth-order valence-electron chi connectivity index (χ4n) is 1.93. The van der Waals surface area contributed by atoms with Crippen LogP contribution in [0.3, 0.4) is 0 Å². The molecule has 2 unspecified atom stereocenters. The van der Waals surface area contributed by atoms with E-state index in [1.54, 1.807) is 6.07 Å². The first-order valence-corrected chi connectivity index (χ1v) is 6.28. The van der Waals surface area contributed by atoms with Gasteiger partial charge in [-0.05, 0) is 44.4 Å². The van der Waals surface area contributed by atoms with Crippen molar-refractivity contribution in [2.75, 3.05) is 7.11 Å². The number of allylic oxidation sites excluding steroid dienone is 1. The predicted molar refractivity (Wildman–Crippen MR) is 73.4 cm³/mol. The molecule has 0 amide bonds. The van der Waals surface area contributed by atoms with Gasteiger partial charge in [-0.25, -0.2) is 4.39 Å². The Morgan fingerprint density at radius 3 is 2.72 bits per heavy atom. The molecule has 0 aliphatic carbocycles. The molecule has 2 atom stereocenters. The van der Waals surface area contributed by atoms with Crippen molar-refractivity contribution in [3.05, 3.63) is 42.2 Å². The summed E-state index contributed by atoms with van der Waals surface area (Å²) in [5, 5.41) is 3.44. The molecule has 0 aromatic heterocycles. The largest absolute Gasteiger partial charge is 0.494 e. The summed E-state index contributed by atoms with van der Waals surface area (Å²) in [7, 11) is 1.47. The SMILES string of the molecule is C=CCCC(C)NC(C)c1ccc(OC)c(F)c1. The second-order valence-corrected chi connectivity index (χ2v) is 4.55. The van der Waals surface area contributed by atoms with Gasteiger partial charge in [0.2, 0.25) is 0 Å². The van der Waals surface area contributed by atoms with Crippen LogP contribution in [-0.2, 0) is 0 Å². The summed E-state index contributed by atoms with van der Waals surface area (Å²) >= 11 is 0. The molecule has 1 N–H and O–H groups in total. The fourth-order valence-corrected chi connectivity index (χ4v) is 1.93. The number of methoxy groups -OCH3 is 1. The van der Waals surface area contributed by atoms with E-state index in [0.29, 0.717) is 6.04 Å². The van der Waals surface area contributed by atoms with Gasteiger partial charge in [-0.15, -0.1) is 6.58 Å². The number of hydrogen-bond acceptors (Lipinski definition) is 2. The molecular formula is C15H22FNO. The minimum atomic E-state index is -0.317. The Kier molecular flexibility index (Phi) is 5.86. The third-order valence-electron chi connectivity index (χ3n) is 3.01. The topological polar surface area (TPSA) is 21.3 Å². The Bertz CT molecular complexity index is 392. The fraction of sp³-hybridized carbons (Fsp3) is 0.467. The highest BCUT2D eigenvalue weighted by Gasteiger charge is 2.11. The second kappa shape index (κ2) is 7.17. The van der Waals surface area contributed by atoms with E-state index >= 15 is 0 Å². The maximum atomic E-state index is 13.6. The average Bonchev–Trinajstić information content (AvgIpc) is 2.36. The Morgan fingerprint density at radius 1 is 1.44 bits per heavy atom. The van der Waals surface area contributed by atoms with Crippen LogP contribution in [0.25, 0.3) is 0 Å². The van der Waals surface area contributed by atoms with Crippen molar-refractivity contribution in [1.29, 1.82) is 0 Å². The Hall–Kier alpha value is -1.35. The molecule has 2 nitrogen and oxygen atoms in total. The van der Waals surface area contributed by atoms with E-state index in [2.05, 4.69) is 18.8 Å². The Morgan fingerprint density at radius 2 is 2.17 bits per heavy atom. The first-order chi connectivity index (χ1) is 8.58. The summed E-state index contributed by atoms with van der Waals surface area (Å²) in [6.45, 7) is 7.87. The molecule has 0 bridgehead atoms. The highest BCUT2D eigenvalue weighted by molar-refractivity contribution is 5.30. The number of nitrogens with one attached hydrogen (secondary N) is 1. The van der Waals surface area contributed by atoms with E-state index in [0.717, 1.165) is 18.4 Å². The van der Waals surface area contributed by atoms with E-state index in [9.17, 15) is 4.39 Å². The molecule has 0 saturated carbocycles. The summed E-state index contributed by atoms with van der Waals surface area (Å²) < 4.78 is 18.5. The van der Waals surface area contributed by atoms with Crippen molar-refractivity contribution >= 4 is 0 Å². The second-order valence-electron chi connectivity index (χ2n) is 4.55. The van der Waals surface area contributed by atoms with Crippen LogP contribution in [0.5, 0.6) is 5.75 Å². The molecule has 0 heterocycles. The molecule has 1 rings (SSSR count). The monoisotopic (exact) mass is 251 g/mol. The summed E-state index contributed by atoms with van der Waals surface area (Å²) in [5.41, 5.74) is 0.929. The van der Waals surface area contributed by atoms with Crippen LogP contribution < -0.4 is 10.1 Å². The van der Waals surface area contributed by atoms with E-state index in [4.69, 9.17) is 4.74 Å². The normalized spacial score (nSPS) is 14.0. The maximum absolute atomic E-state index is 13.6.